The van der Waals surface area contributed by atoms with E-state index in [1.807, 2.05) is 0 Å². The number of hydrazone groups is 1. The van der Waals surface area contributed by atoms with E-state index in [-0.39, 0.29) is 10.8 Å². The Morgan fingerprint density at radius 3 is 2.24 bits per heavy atom. The fourth-order valence-corrected chi connectivity index (χ4v) is 3.54. The summed E-state index contributed by atoms with van der Waals surface area (Å²) < 4.78 is 24.5. The van der Waals surface area contributed by atoms with Crippen LogP contribution >= 0.6 is 11.6 Å². The molecule has 0 aliphatic rings. The Kier molecular flexibility index (Phi) is 6.31. The Bertz CT molecular complexity index is 1150. The molecule has 0 saturated heterocycles. The van der Waals surface area contributed by atoms with Crippen LogP contribution in [-0.2, 0) is 10.0 Å². The number of benzene rings is 3. The first kappa shape index (κ1) is 20.6. The zero-order valence-electron chi connectivity index (χ0n) is 15.5. The van der Waals surface area contributed by atoms with Gasteiger partial charge in [-0.25, -0.2) is 0 Å². The van der Waals surface area contributed by atoms with Gasteiger partial charge in [0, 0.05) is 16.3 Å². The van der Waals surface area contributed by atoms with Gasteiger partial charge in [0.2, 0.25) is 0 Å². The predicted molar refractivity (Wildman–Crippen MR) is 115 cm³/mol. The number of rotatable bonds is 6. The van der Waals surface area contributed by atoms with Crippen molar-refractivity contribution in [1.82, 2.24) is 4.83 Å². The van der Waals surface area contributed by atoms with Gasteiger partial charge >= 0.3 is 0 Å². The third-order valence-electron chi connectivity index (χ3n) is 4.03. The first-order valence-electron chi connectivity index (χ1n) is 8.64. The molecule has 0 radical (unpaired) electrons. The largest absolute Gasteiger partial charge is 0.322 e. The highest BCUT2D eigenvalue weighted by Gasteiger charge is 2.12. The van der Waals surface area contributed by atoms with Crippen molar-refractivity contribution in [1.29, 1.82) is 0 Å². The highest BCUT2D eigenvalue weighted by Crippen LogP contribution is 2.15. The molecule has 0 atom stereocenters. The van der Waals surface area contributed by atoms with Gasteiger partial charge in [-0.2, -0.15) is 18.4 Å². The molecule has 0 heterocycles. The number of hydrogen-bond acceptors (Lipinski definition) is 4. The van der Waals surface area contributed by atoms with Crippen LogP contribution in [-0.4, -0.2) is 20.0 Å². The average Bonchev–Trinajstić information content (AvgIpc) is 2.73. The molecule has 0 aliphatic heterocycles. The second kappa shape index (κ2) is 8.89. The Hall–Kier alpha value is -3.16. The first-order valence-corrected chi connectivity index (χ1v) is 10.5. The molecule has 0 spiro atoms. The summed E-state index contributed by atoms with van der Waals surface area (Å²) in [4.78, 5) is 14.6. The molecule has 29 heavy (non-hydrogen) atoms. The lowest BCUT2D eigenvalue weighted by molar-refractivity contribution is 0.102. The second-order valence-corrected chi connectivity index (χ2v) is 8.24. The predicted octanol–water partition coefficient (Wildman–Crippen LogP) is 4.29. The maximum Gasteiger partial charge on any atom is 0.276 e. The lowest BCUT2D eigenvalue weighted by Gasteiger charge is -2.08. The summed E-state index contributed by atoms with van der Waals surface area (Å²) in [5, 5.41) is 7.23. The van der Waals surface area contributed by atoms with E-state index in [1.165, 1.54) is 12.1 Å². The van der Waals surface area contributed by atoms with Crippen LogP contribution in [0.2, 0.25) is 5.02 Å². The van der Waals surface area contributed by atoms with E-state index in [9.17, 15) is 13.2 Å². The minimum absolute atomic E-state index is 0.135. The van der Waals surface area contributed by atoms with Crippen LogP contribution in [0.1, 0.15) is 22.8 Å². The topological polar surface area (TPSA) is 87.6 Å². The molecule has 0 bridgehead atoms. The van der Waals surface area contributed by atoms with E-state index in [0.29, 0.717) is 27.5 Å². The summed E-state index contributed by atoms with van der Waals surface area (Å²) in [6.07, 6.45) is 0. The van der Waals surface area contributed by atoms with Gasteiger partial charge in [0.15, 0.2) is 0 Å². The van der Waals surface area contributed by atoms with E-state index in [2.05, 4.69) is 15.2 Å². The van der Waals surface area contributed by atoms with Crippen molar-refractivity contribution in [3.8, 4) is 0 Å². The fourth-order valence-electron chi connectivity index (χ4n) is 2.47. The van der Waals surface area contributed by atoms with Gasteiger partial charge in [-0.15, -0.1) is 0 Å². The van der Waals surface area contributed by atoms with Crippen molar-refractivity contribution >= 4 is 38.9 Å². The molecule has 0 unspecified atom stereocenters. The van der Waals surface area contributed by atoms with E-state index >= 15 is 0 Å². The summed E-state index contributed by atoms with van der Waals surface area (Å²) >= 11 is 5.91. The van der Waals surface area contributed by atoms with Crippen LogP contribution in [0.5, 0.6) is 0 Å². The Morgan fingerprint density at radius 2 is 1.59 bits per heavy atom. The molecule has 2 N–H and O–H groups in total. The highest BCUT2D eigenvalue weighted by atomic mass is 35.5. The van der Waals surface area contributed by atoms with E-state index in [1.54, 1.807) is 73.7 Å². The second-order valence-electron chi connectivity index (χ2n) is 6.15. The fraction of sp³-hybridized carbons (Fsp3) is 0.0476. The zero-order valence-corrected chi connectivity index (χ0v) is 17.0. The molecule has 8 heteroatoms. The van der Waals surface area contributed by atoms with Crippen LogP contribution in [0, 0.1) is 0 Å². The van der Waals surface area contributed by atoms with Gasteiger partial charge in [-0.3, -0.25) is 4.79 Å². The first-order chi connectivity index (χ1) is 13.8. The van der Waals surface area contributed by atoms with E-state index in [0.717, 1.165) is 0 Å². The molecular formula is C21H18ClN3O3S. The molecule has 3 rings (SSSR count). The molecule has 0 aromatic heterocycles. The number of sulfonamides is 1. The van der Waals surface area contributed by atoms with Crippen LogP contribution in [0.25, 0.3) is 0 Å². The minimum atomic E-state index is -3.73. The van der Waals surface area contributed by atoms with Gasteiger partial charge in [0.1, 0.15) is 0 Å². The summed E-state index contributed by atoms with van der Waals surface area (Å²) in [6, 6.07) is 21.6. The van der Waals surface area contributed by atoms with Crippen LogP contribution < -0.4 is 10.1 Å². The normalized spacial score (nSPS) is 11.7. The lowest BCUT2D eigenvalue weighted by Crippen LogP contribution is -2.19. The summed E-state index contributed by atoms with van der Waals surface area (Å²) in [7, 11) is -3.73. The van der Waals surface area contributed by atoms with Crippen molar-refractivity contribution in [3.63, 3.8) is 0 Å². The number of carbonyl (C=O) groups excluding carboxylic acids is 1. The van der Waals surface area contributed by atoms with Crippen molar-refractivity contribution in [3.05, 3.63) is 95.0 Å². The van der Waals surface area contributed by atoms with Gasteiger partial charge in [0.05, 0.1) is 10.6 Å². The van der Waals surface area contributed by atoms with Gasteiger partial charge in [-0.05, 0) is 55.0 Å². The number of anilines is 1. The Morgan fingerprint density at radius 1 is 0.897 bits per heavy atom. The SMILES string of the molecule is C/C(=N\NS(=O)(=O)c1ccccc1)c1ccc(NC(=O)c2cccc(Cl)c2)cc1. The number of hydrogen-bond donors (Lipinski definition) is 2. The number of nitrogens with zero attached hydrogens (tertiary/aromatic N) is 1. The molecule has 148 valence electrons. The average molecular weight is 428 g/mol. The van der Waals surface area contributed by atoms with Crippen molar-refractivity contribution in [2.24, 2.45) is 5.10 Å². The van der Waals surface area contributed by atoms with Crippen molar-refractivity contribution < 1.29 is 13.2 Å². The molecule has 3 aromatic rings. The smallest absolute Gasteiger partial charge is 0.276 e. The molecule has 3 aromatic carbocycles. The molecule has 6 nitrogen and oxygen atoms in total. The summed E-state index contributed by atoms with van der Waals surface area (Å²) in [5.74, 6) is -0.277. The third kappa shape index (κ3) is 5.43. The van der Waals surface area contributed by atoms with Crippen LogP contribution in [0.4, 0.5) is 5.69 Å². The highest BCUT2D eigenvalue weighted by molar-refractivity contribution is 7.89. The zero-order chi connectivity index (χ0) is 20.9. The molecule has 0 saturated carbocycles. The van der Waals surface area contributed by atoms with Gasteiger partial charge < -0.3 is 5.32 Å². The maximum absolute atomic E-state index is 12.3. The monoisotopic (exact) mass is 427 g/mol. The number of carbonyl (C=O) groups is 1. The van der Waals surface area contributed by atoms with Crippen LogP contribution in [0.15, 0.2) is 88.9 Å². The summed E-state index contributed by atoms with van der Waals surface area (Å²) in [6.45, 7) is 1.69. The number of amides is 1. The van der Waals surface area contributed by atoms with Crippen molar-refractivity contribution in [2.75, 3.05) is 5.32 Å². The molecule has 0 fully saturated rings. The maximum atomic E-state index is 12.3. The van der Waals surface area contributed by atoms with Gasteiger partial charge in [0.25, 0.3) is 15.9 Å². The molecule has 1 amide bonds. The molecular weight excluding hydrogens is 410 g/mol. The van der Waals surface area contributed by atoms with Crippen molar-refractivity contribution in [2.45, 2.75) is 11.8 Å². The van der Waals surface area contributed by atoms with E-state index in [4.69, 9.17) is 11.6 Å². The number of halogens is 1. The van der Waals surface area contributed by atoms with Crippen LogP contribution in [0.3, 0.4) is 0 Å². The Balaban J connectivity index is 1.68. The standard InChI is InChI=1S/C21H18ClN3O3S/c1-15(24-25-29(27,28)20-8-3-2-4-9-20)16-10-12-19(13-11-16)23-21(26)17-6-5-7-18(22)14-17/h2-14,25H,1H3,(H,23,26)/b24-15+. The minimum Gasteiger partial charge on any atom is -0.322 e. The molecule has 0 aliphatic carbocycles. The van der Waals surface area contributed by atoms with E-state index < -0.39 is 10.0 Å². The van der Waals surface area contributed by atoms with Gasteiger partial charge in [-0.1, -0.05) is 48.0 Å². The number of nitrogens with one attached hydrogen (secondary N) is 2. The lowest BCUT2D eigenvalue weighted by atomic mass is 10.1. The summed E-state index contributed by atoms with van der Waals surface area (Å²) in [5.41, 5.74) is 2.24. The Labute approximate surface area is 174 Å². The third-order valence-corrected chi connectivity index (χ3v) is 5.49. The quantitative estimate of drug-likeness (QED) is 0.454.